The molecule has 0 aromatic carbocycles. The van der Waals surface area contributed by atoms with E-state index in [-0.39, 0.29) is 17.5 Å². The van der Waals surface area contributed by atoms with Crippen molar-refractivity contribution in [3.05, 3.63) is 23.3 Å². The predicted molar refractivity (Wildman–Crippen MR) is 75.3 cm³/mol. The van der Waals surface area contributed by atoms with Crippen molar-refractivity contribution in [2.24, 2.45) is 5.41 Å². The van der Waals surface area contributed by atoms with Crippen LogP contribution in [0.3, 0.4) is 0 Å². The number of hydrogen-bond donors (Lipinski definition) is 0. The fourth-order valence-electron chi connectivity index (χ4n) is 3.21. The zero-order chi connectivity index (χ0) is 13.9. The lowest BCUT2D eigenvalue weighted by Gasteiger charge is -2.36. The number of rotatable bonds is 3. The third-order valence-electron chi connectivity index (χ3n) is 3.70. The van der Waals surface area contributed by atoms with Crippen molar-refractivity contribution in [3.8, 4) is 0 Å². The summed E-state index contributed by atoms with van der Waals surface area (Å²) < 4.78 is 5.21. The molecular formula is C16H26O2. The molecule has 0 N–H and O–H groups in total. The highest BCUT2D eigenvalue weighted by Gasteiger charge is 2.30. The van der Waals surface area contributed by atoms with Gasteiger partial charge < -0.3 is 4.74 Å². The number of hydrogen-bond acceptors (Lipinski definition) is 2. The largest absolute Gasteiger partial charge is 0.463 e. The van der Waals surface area contributed by atoms with Gasteiger partial charge in [-0.25, -0.2) is 0 Å². The van der Waals surface area contributed by atoms with Crippen LogP contribution in [0.15, 0.2) is 23.3 Å². The first-order chi connectivity index (χ1) is 8.24. The Labute approximate surface area is 111 Å². The highest BCUT2D eigenvalue weighted by atomic mass is 16.5. The second kappa shape index (κ2) is 5.73. The summed E-state index contributed by atoms with van der Waals surface area (Å²) in [6, 6.07) is 0. The van der Waals surface area contributed by atoms with Gasteiger partial charge in [-0.2, -0.15) is 0 Å². The van der Waals surface area contributed by atoms with Gasteiger partial charge in [0.25, 0.3) is 0 Å². The Kier molecular flexibility index (Phi) is 4.78. The van der Waals surface area contributed by atoms with Gasteiger partial charge >= 0.3 is 5.97 Å². The molecule has 18 heavy (non-hydrogen) atoms. The van der Waals surface area contributed by atoms with Gasteiger partial charge in [0.15, 0.2) is 0 Å². The first-order valence-electron chi connectivity index (χ1n) is 6.79. The number of allylic oxidation sites excluding steroid dienone is 2. The molecule has 1 saturated carbocycles. The molecule has 0 aromatic rings. The maximum absolute atomic E-state index is 10.9. The zero-order valence-electron chi connectivity index (χ0n) is 12.4. The van der Waals surface area contributed by atoms with Gasteiger partial charge in [-0.3, -0.25) is 4.79 Å². The van der Waals surface area contributed by atoms with Crippen LogP contribution < -0.4 is 0 Å². The topological polar surface area (TPSA) is 26.3 Å². The average Bonchev–Trinajstić information content (AvgIpc) is 2.13. The van der Waals surface area contributed by atoms with Crippen LogP contribution in [0.4, 0.5) is 0 Å². The molecule has 1 aliphatic carbocycles. The van der Waals surface area contributed by atoms with Crippen LogP contribution in [-0.2, 0) is 9.53 Å². The first-order valence-corrected chi connectivity index (χ1v) is 6.79. The molecule has 0 spiro atoms. The smallest absolute Gasteiger partial charge is 0.302 e. The Morgan fingerprint density at radius 1 is 1.44 bits per heavy atom. The monoisotopic (exact) mass is 250 g/mol. The second-order valence-electron chi connectivity index (χ2n) is 6.12. The lowest BCUT2D eigenvalue weighted by atomic mass is 9.69. The van der Waals surface area contributed by atoms with Crippen LogP contribution in [0.5, 0.6) is 0 Å². The third-order valence-corrected chi connectivity index (χ3v) is 3.70. The summed E-state index contributed by atoms with van der Waals surface area (Å²) in [4.78, 5) is 10.9. The van der Waals surface area contributed by atoms with Gasteiger partial charge in [0.05, 0.1) is 0 Å². The van der Waals surface area contributed by atoms with E-state index in [0.29, 0.717) is 0 Å². The van der Waals surface area contributed by atoms with Crippen molar-refractivity contribution in [3.63, 3.8) is 0 Å². The summed E-state index contributed by atoms with van der Waals surface area (Å²) in [5.74, 6) is -0.206. The minimum Gasteiger partial charge on any atom is -0.463 e. The number of ether oxygens (including phenoxy) is 1. The molecule has 1 aliphatic rings. The lowest BCUT2D eigenvalue weighted by molar-refractivity contribution is -0.145. The van der Waals surface area contributed by atoms with Crippen molar-refractivity contribution in [1.29, 1.82) is 0 Å². The molecule has 0 aliphatic heterocycles. The number of carbonyl (C=O) groups excluding carboxylic acids is 1. The Balaban J connectivity index is 2.88. The van der Waals surface area contributed by atoms with Crippen LogP contribution in [-0.4, -0.2) is 12.1 Å². The maximum atomic E-state index is 10.9. The second-order valence-corrected chi connectivity index (χ2v) is 6.12. The highest BCUT2D eigenvalue weighted by molar-refractivity contribution is 5.66. The Morgan fingerprint density at radius 2 is 2.06 bits per heavy atom. The van der Waals surface area contributed by atoms with Crippen LogP contribution in [0.2, 0.25) is 0 Å². The van der Waals surface area contributed by atoms with Crippen molar-refractivity contribution < 1.29 is 9.53 Å². The van der Waals surface area contributed by atoms with Gasteiger partial charge in [-0.15, -0.1) is 0 Å². The maximum Gasteiger partial charge on any atom is 0.302 e. The molecule has 0 heterocycles. The first kappa shape index (κ1) is 15.0. The lowest BCUT2D eigenvalue weighted by Crippen LogP contribution is -2.23. The normalized spacial score (nSPS) is 23.5. The molecule has 102 valence electrons. The number of carbonyl (C=O) groups is 1. The molecule has 0 radical (unpaired) electrons. The molecule has 1 unspecified atom stereocenters. The molecule has 0 saturated heterocycles. The zero-order valence-corrected chi connectivity index (χ0v) is 12.4. The van der Waals surface area contributed by atoms with Gasteiger partial charge in [-0.1, -0.05) is 31.6 Å². The summed E-state index contributed by atoms with van der Waals surface area (Å²) in [5.41, 5.74) is 4.18. The molecule has 0 amide bonds. The quantitative estimate of drug-likeness (QED) is 0.693. The average molecular weight is 250 g/mol. The molecular weight excluding hydrogens is 224 g/mol. The molecule has 0 bridgehead atoms. The number of esters is 1. The summed E-state index contributed by atoms with van der Waals surface area (Å²) in [5, 5.41) is 0. The van der Waals surface area contributed by atoms with Crippen LogP contribution in [0.25, 0.3) is 0 Å². The minimum atomic E-state index is -0.206. The fourth-order valence-corrected chi connectivity index (χ4v) is 3.21. The molecule has 1 fully saturated rings. The van der Waals surface area contributed by atoms with E-state index in [1.807, 2.05) is 6.92 Å². The van der Waals surface area contributed by atoms with Gasteiger partial charge in [0.1, 0.15) is 6.10 Å². The van der Waals surface area contributed by atoms with Gasteiger partial charge in [-0.05, 0) is 44.1 Å². The molecule has 1 rings (SSSR count). The van der Waals surface area contributed by atoms with E-state index in [4.69, 9.17) is 4.74 Å². The van der Waals surface area contributed by atoms with Crippen LogP contribution in [0, 0.1) is 5.41 Å². The van der Waals surface area contributed by atoms with Crippen LogP contribution >= 0.6 is 0 Å². The molecule has 2 heteroatoms. The SMILES string of the molecule is C=C1CCCC(C)(C)/C1=C(/C)CC(C)OC(C)=O. The third kappa shape index (κ3) is 3.72. The van der Waals surface area contributed by atoms with Gasteiger partial charge in [0, 0.05) is 13.3 Å². The van der Waals surface area contributed by atoms with Crippen molar-refractivity contribution in [2.75, 3.05) is 0 Å². The molecule has 2 nitrogen and oxygen atoms in total. The van der Waals surface area contributed by atoms with E-state index in [1.54, 1.807) is 0 Å². The molecule has 0 aromatic heterocycles. The van der Waals surface area contributed by atoms with E-state index in [9.17, 15) is 4.79 Å². The summed E-state index contributed by atoms with van der Waals surface area (Å²) in [6.45, 7) is 14.3. The van der Waals surface area contributed by atoms with Crippen molar-refractivity contribution in [2.45, 2.75) is 66.4 Å². The molecule has 1 atom stereocenters. The Bertz CT molecular complexity index is 375. The van der Waals surface area contributed by atoms with E-state index in [2.05, 4.69) is 27.4 Å². The fraction of sp³-hybridized carbons (Fsp3) is 0.688. The van der Waals surface area contributed by atoms with Gasteiger partial charge in [0.2, 0.25) is 0 Å². The Hall–Kier alpha value is -1.05. The van der Waals surface area contributed by atoms with Crippen molar-refractivity contribution in [1.82, 2.24) is 0 Å². The van der Waals surface area contributed by atoms with Crippen LogP contribution in [0.1, 0.15) is 60.3 Å². The summed E-state index contributed by atoms with van der Waals surface area (Å²) in [6.07, 6.45) is 4.28. The van der Waals surface area contributed by atoms with Crippen molar-refractivity contribution >= 4 is 5.97 Å². The summed E-state index contributed by atoms with van der Waals surface area (Å²) in [7, 11) is 0. The standard InChI is InChI=1S/C16H26O2/c1-11-8-7-9-16(5,6)15(11)12(2)10-13(3)18-14(4)17/h13H,1,7-10H2,2-6H3/b15-12-. The van der Waals surface area contributed by atoms with E-state index in [1.165, 1.54) is 36.5 Å². The van der Waals surface area contributed by atoms with E-state index in [0.717, 1.165) is 12.8 Å². The minimum absolute atomic E-state index is 0.0551. The summed E-state index contributed by atoms with van der Waals surface area (Å²) >= 11 is 0. The Morgan fingerprint density at radius 3 is 2.56 bits per heavy atom. The highest BCUT2D eigenvalue weighted by Crippen LogP contribution is 2.44. The predicted octanol–water partition coefficient (Wildman–Crippen LogP) is 4.41. The van der Waals surface area contributed by atoms with E-state index < -0.39 is 0 Å². The van der Waals surface area contributed by atoms with E-state index >= 15 is 0 Å².